The summed E-state index contributed by atoms with van der Waals surface area (Å²) in [5.74, 6) is -6.15. The van der Waals surface area contributed by atoms with Gasteiger partial charge in [-0.15, -0.1) is 0 Å². The number of Topliss-reactive ketones (excluding diaryl/α,β-unsaturated/α-hetero) is 1. The van der Waals surface area contributed by atoms with Gasteiger partial charge in [-0.05, 0) is 70.0 Å². The van der Waals surface area contributed by atoms with Gasteiger partial charge in [0.25, 0.3) is 0 Å². The predicted molar refractivity (Wildman–Crippen MR) is 216 cm³/mol. The van der Waals surface area contributed by atoms with Gasteiger partial charge >= 0.3 is 30.0 Å². The number of benzene rings is 1. The van der Waals surface area contributed by atoms with E-state index in [0.29, 0.717) is 0 Å². The summed E-state index contributed by atoms with van der Waals surface area (Å²) < 4.78 is 53.0. The van der Waals surface area contributed by atoms with E-state index in [1.165, 1.54) is 58.4 Å². The summed E-state index contributed by atoms with van der Waals surface area (Å²) in [7, 11) is 1.38. The molecule has 1 aliphatic heterocycles. The number of amides is 1. The van der Waals surface area contributed by atoms with Gasteiger partial charge in [-0.25, -0.2) is 14.4 Å². The van der Waals surface area contributed by atoms with Crippen molar-refractivity contribution in [3.63, 3.8) is 0 Å². The van der Waals surface area contributed by atoms with Crippen LogP contribution in [0.1, 0.15) is 97.3 Å². The van der Waals surface area contributed by atoms with Crippen molar-refractivity contribution in [1.29, 1.82) is 0 Å². The predicted octanol–water partition coefficient (Wildman–Crippen LogP) is 4.05. The fourth-order valence-corrected chi connectivity index (χ4v) is 9.94. The van der Waals surface area contributed by atoms with Crippen molar-refractivity contribution < 1.29 is 81.3 Å². The first-order valence-electron chi connectivity index (χ1n) is 20.7. The molecule has 11 atom stereocenters. The number of rotatable bonds is 12. The quantitative estimate of drug-likeness (QED) is 0.118. The molecule has 0 spiro atoms. The average Bonchev–Trinajstić information content (AvgIpc) is 3.73. The minimum absolute atomic E-state index is 0.0117. The van der Waals surface area contributed by atoms with E-state index in [0.717, 1.165) is 6.92 Å². The molecule has 344 valence electrons. The number of aliphatic hydroxyl groups is 2. The van der Waals surface area contributed by atoms with E-state index in [1.807, 2.05) is 0 Å². The third-order valence-corrected chi connectivity index (χ3v) is 12.9. The van der Waals surface area contributed by atoms with Gasteiger partial charge in [-0.1, -0.05) is 32.0 Å². The topological polar surface area (TPSA) is 242 Å². The van der Waals surface area contributed by atoms with E-state index in [2.05, 4.69) is 5.32 Å². The van der Waals surface area contributed by atoms with Crippen LogP contribution in [-0.4, -0.2) is 120 Å². The number of esters is 4. The lowest BCUT2D eigenvalue weighted by molar-refractivity contribution is -0.351. The number of carbonyl (C=O) groups excluding carboxylic acids is 6. The highest BCUT2D eigenvalue weighted by Gasteiger charge is 2.78. The first-order chi connectivity index (χ1) is 29.4. The van der Waals surface area contributed by atoms with E-state index >= 15 is 4.79 Å². The summed E-state index contributed by atoms with van der Waals surface area (Å²) in [4.78, 5) is 83.6. The van der Waals surface area contributed by atoms with Crippen molar-refractivity contribution in [2.24, 2.45) is 16.7 Å². The first-order valence-corrected chi connectivity index (χ1v) is 20.7. The highest BCUT2D eigenvalue weighted by atomic mass is 16.7. The maximum Gasteiger partial charge on any atom is 0.408 e. The van der Waals surface area contributed by atoms with Crippen molar-refractivity contribution in [3.8, 4) is 0 Å². The lowest BCUT2D eigenvalue weighted by Crippen LogP contribution is -2.82. The van der Waals surface area contributed by atoms with E-state index in [9.17, 15) is 34.2 Å². The Labute approximate surface area is 364 Å². The lowest BCUT2D eigenvalue weighted by atomic mass is 9.44. The molecule has 6 rings (SSSR count). The monoisotopic (exact) mass is 883 g/mol. The van der Waals surface area contributed by atoms with Gasteiger partial charge < -0.3 is 57.8 Å². The lowest BCUT2D eigenvalue weighted by Gasteiger charge is -2.67. The number of alkyl carbamates (subject to hydrolysis) is 1. The number of ether oxygens (including phenoxy) is 8. The van der Waals surface area contributed by atoms with Gasteiger partial charge in [0, 0.05) is 39.2 Å². The van der Waals surface area contributed by atoms with Crippen LogP contribution in [0.3, 0.4) is 0 Å². The van der Waals surface area contributed by atoms with Crippen molar-refractivity contribution >= 4 is 35.8 Å². The van der Waals surface area contributed by atoms with Crippen LogP contribution in [0.5, 0.6) is 0 Å². The van der Waals surface area contributed by atoms with Crippen LogP contribution < -0.4 is 5.32 Å². The molecule has 0 radical (unpaired) electrons. The smallest absolute Gasteiger partial charge is 0.408 e. The average molecular weight is 884 g/mol. The number of fused-ring (bicyclic) bond motifs is 5. The molecule has 1 aromatic carbocycles. The Kier molecular flexibility index (Phi) is 13.1. The maximum atomic E-state index is 15.8. The molecule has 2 unspecified atom stereocenters. The molecule has 3 N–H and O–H groups in total. The number of ketones is 1. The van der Waals surface area contributed by atoms with Crippen LogP contribution in [-0.2, 0) is 57.1 Å². The normalized spacial score (nSPS) is 31.9. The summed E-state index contributed by atoms with van der Waals surface area (Å²) in [6, 6.07) is 9.24. The SMILES string of the molecule is COCO[C@H]1C[C@H]2OC[C@@]2(OC(C)=O)C2C(OC(=O)c3ccccc3)[C@]3(O)C[C@H](OC(=O)[C@H](O)[C@@H](NC(=O)OC(C)(C)C)c4ccco4)C(C)=C([C@@H](OC(C)=O)C(=O)[C@@]21C)C3(C)C. The van der Waals surface area contributed by atoms with E-state index in [1.54, 1.807) is 52.8 Å². The number of furan rings is 1. The second-order valence-electron chi connectivity index (χ2n) is 18.3. The Morgan fingerprint density at radius 1 is 0.968 bits per heavy atom. The molecule has 3 fully saturated rings. The second-order valence-corrected chi connectivity index (χ2v) is 18.3. The van der Waals surface area contributed by atoms with Gasteiger partial charge in [-0.2, -0.15) is 0 Å². The number of hydrogen-bond donors (Lipinski definition) is 3. The number of nitrogens with one attached hydrogen (secondary N) is 1. The standard InChI is InChI=1S/C45H57NO17/c1-23-28(60-39(52)33(49)32(27-17-14-18-56-27)46-40(53)63-41(4,5)6)20-45(54)37(61-38(51)26-15-12-11-13-16-26)35-43(9,36(50)34(59-24(2)47)31(23)42(45,7)8)29(58-22-55-10)19-30-44(35,21-57-30)62-25(3)48/h11-18,28-30,32-35,37,49,54H,19-22H2,1-10H3,(H,46,53)/t28-,29-,30+,32-,33+,34+,35?,37?,43+,44-,45+/m0/s1. The number of aliphatic hydroxyl groups excluding tert-OH is 1. The van der Waals surface area contributed by atoms with Crippen molar-refractivity contribution in [2.45, 2.75) is 135 Å². The molecule has 3 aliphatic carbocycles. The van der Waals surface area contributed by atoms with Gasteiger partial charge in [0.05, 0.1) is 35.9 Å². The molecule has 2 aromatic rings. The molecule has 4 aliphatic rings. The number of carbonyl (C=O) groups is 6. The second kappa shape index (κ2) is 17.4. The van der Waals surface area contributed by atoms with Crippen molar-refractivity contribution in [1.82, 2.24) is 5.32 Å². The molecule has 18 nitrogen and oxygen atoms in total. The molecular formula is C45H57NO17. The molecule has 63 heavy (non-hydrogen) atoms. The Hall–Kier alpha value is -5.14. The van der Waals surface area contributed by atoms with Gasteiger partial charge in [0.2, 0.25) is 0 Å². The van der Waals surface area contributed by atoms with Crippen LogP contribution in [0, 0.1) is 16.7 Å². The summed E-state index contributed by atoms with van der Waals surface area (Å²) in [5, 5.41) is 27.9. The third kappa shape index (κ3) is 8.50. The van der Waals surface area contributed by atoms with Crippen molar-refractivity contribution in [2.75, 3.05) is 20.5 Å². The first kappa shape index (κ1) is 47.3. The summed E-state index contributed by atoms with van der Waals surface area (Å²) in [5.41, 5.74) is -8.41. The molecule has 2 heterocycles. The molecular weight excluding hydrogens is 826 g/mol. The fraction of sp³-hybridized carbons (Fsp3) is 0.600. The van der Waals surface area contributed by atoms with Crippen LogP contribution in [0.15, 0.2) is 64.3 Å². The molecule has 2 saturated carbocycles. The zero-order chi connectivity index (χ0) is 46.4. The fourth-order valence-electron chi connectivity index (χ4n) is 9.94. The van der Waals surface area contributed by atoms with Crippen molar-refractivity contribution in [3.05, 3.63) is 71.2 Å². The minimum Gasteiger partial charge on any atom is -0.467 e. The summed E-state index contributed by atoms with van der Waals surface area (Å²) in [6.45, 7) is 12.7. The van der Waals surface area contributed by atoms with E-state index in [-0.39, 0.29) is 42.3 Å². The highest BCUT2D eigenvalue weighted by molar-refractivity contribution is 5.95. The zero-order valence-corrected chi connectivity index (χ0v) is 37.1. The Morgan fingerprint density at radius 2 is 1.65 bits per heavy atom. The molecule has 1 aromatic heterocycles. The molecule has 2 bridgehead atoms. The Bertz CT molecular complexity index is 2110. The molecule has 1 saturated heterocycles. The zero-order valence-electron chi connectivity index (χ0n) is 37.1. The number of methoxy groups -OCH3 is 1. The van der Waals surface area contributed by atoms with E-state index < -0.39 is 118 Å². The van der Waals surface area contributed by atoms with Crippen LogP contribution in [0.4, 0.5) is 4.79 Å². The third-order valence-electron chi connectivity index (χ3n) is 12.9. The molecule has 1 amide bonds. The van der Waals surface area contributed by atoms with Gasteiger partial charge in [-0.3, -0.25) is 14.4 Å². The largest absolute Gasteiger partial charge is 0.467 e. The maximum absolute atomic E-state index is 15.8. The van der Waals surface area contributed by atoms with Crippen LogP contribution in [0.2, 0.25) is 0 Å². The minimum atomic E-state index is -2.39. The summed E-state index contributed by atoms with van der Waals surface area (Å²) >= 11 is 0. The van der Waals surface area contributed by atoms with E-state index in [4.69, 9.17) is 42.3 Å². The van der Waals surface area contributed by atoms with Crippen LogP contribution in [0.25, 0.3) is 0 Å². The van der Waals surface area contributed by atoms with Gasteiger partial charge in [0.15, 0.2) is 23.6 Å². The van der Waals surface area contributed by atoms with Crippen LogP contribution >= 0.6 is 0 Å². The molecule has 18 heteroatoms. The highest BCUT2D eigenvalue weighted by Crippen LogP contribution is 2.65. The number of hydrogen-bond acceptors (Lipinski definition) is 17. The Morgan fingerprint density at radius 3 is 2.21 bits per heavy atom. The van der Waals surface area contributed by atoms with Gasteiger partial charge in [0.1, 0.15) is 48.1 Å². The summed E-state index contributed by atoms with van der Waals surface area (Å²) in [6.07, 6.45) is -9.65. The Balaban J connectivity index is 1.56.